The molecule has 1 N–H and O–H groups in total. The fourth-order valence-corrected chi connectivity index (χ4v) is 7.98. The van der Waals surface area contributed by atoms with Crippen LogP contribution >= 0.6 is 0 Å². The Labute approximate surface area is 214 Å². The third-order valence-electron chi connectivity index (χ3n) is 9.26. The Morgan fingerprint density at radius 2 is 1.72 bits per heavy atom. The Hall–Kier alpha value is -3.14. The molecule has 2 aromatic carbocycles. The molecule has 4 aliphatic carbocycles. The molecule has 4 fully saturated rings. The molecule has 36 heavy (non-hydrogen) atoms. The molecule has 0 unspecified atom stereocenters. The first-order chi connectivity index (χ1) is 17.4. The Morgan fingerprint density at radius 1 is 1.03 bits per heavy atom. The van der Waals surface area contributed by atoms with E-state index in [9.17, 15) is 9.90 Å². The van der Waals surface area contributed by atoms with Crippen LogP contribution in [-0.4, -0.2) is 20.6 Å². The van der Waals surface area contributed by atoms with Crippen molar-refractivity contribution in [2.45, 2.75) is 58.3 Å². The summed E-state index contributed by atoms with van der Waals surface area (Å²) in [5.41, 5.74) is 6.40. The van der Waals surface area contributed by atoms with Gasteiger partial charge in [-0.25, -0.2) is 9.78 Å². The maximum Gasteiger partial charge on any atom is 0.335 e. The van der Waals surface area contributed by atoms with Crippen LogP contribution in [0.4, 0.5) is 0 Å². The Morgan fingerprint density at radius 3 is 2.39 bits per heavy atom. The molecule has 0 amide bonds. The highest BCUT2D eigenvalue weighted by atomic mass is 16.4. The fourth-order valence-electron chi connectivity index (χ4n) is 7.98. The average Bonchev–Trinajstić information content (AvgIpc) is 3.16. The van der Waals surface area contributed by atoms with E-state index in [1.807, 2.05) is 12.1 Å². The molecule has 0 aliphatic heterocycles. The van der Waals surface area contributed by atoms with E-state index in [0.29, 0.717) is 11.0 Å². The largest absolute Gasteiger partial charge is 0.478 e. The van der Waals surface area contributed by atoms with E-state index in [1.165, 1.54) is 61.8 Å². The maximum atomic E-state index is 11.4. The van der Waals surface area contributed by atoms with Gasteiger partial charge in [0, 0.05) is 18.3 Å². The molecule has 4 aliphatic rings. The third-order valence-corrected chi connectivity index (χ3v) is 9.26. The van der Waals surface area contributed by atoms with Crippen LogP contribution in [0.1, 0.15) is 77.8 Å². The van der Waals surface area contributed by atoms with Crippen molar-refractivity contribution in [1.29, 1.82) is 0 Å². The lowest BCUT2D eigenvalue weighted by atomic mass is 9.48. The second-order valence-corrected chi connectivity index (χ2v) is 11.8. The molecule has 3 aromatic rings. The smallest absolute Gasteiger partial charge is 0.335 e. The minimum absolute atomic E-state index is 0.306. The van der Waals surface area contributed by atoms with Crippen molar-refractivity contribution in [3.63, 3.8) is 0 Å². The summed E-state index contributed by atoms with van der Waals surface area (Å²) in [6.07, 6.45) is 15.1. The molecule has 0 saturated heterocycles. The van der Waals surface area contributed by atoms with E-state index in [4.69, 9.17) is 4.98 Å². The molecule has 4 nitrogen and oxygen atoms in total. The second-order valence-electron chi connectivity index (χ2n) is 11.8. The van der Waals surface area contributed by atoms with Crippen LogP contribution in [-0.2, 0) is 13.5 Å². The molecule has 0 radical (unpaired) electrons. The molecule has 0 spiro atoms. The van der Waals surface area contributed by atoms with Gasteiger partial charge in [0.1, 0.15) is 5.82 Å². The zero-order valence-electron chi connectivity index (χ0n) is 21.4. The van der Waals surface area contributed by atoms with Gasteiger partial charge in [-0.2, -0.15) is 0 Å². The summed E-state index contributed by atoms with van der Waals surface area (Å²) in [6.45, 7) is 2.14. The number of aryl methyl sites for hydroxylation is 1. The number of carboxylic acids is 1. The highest BCUT2D eigenvalue weighted by Crippen LogP contribution is 2.61. The van der Waals surface area contributed by atoms with Gasteiger partial charge >= 0.3 is 5.97 Å². The first-order valence-electron chi connectivity index (χ1n) is 13.5. The normalized spacial score (nSPS) is 26.7. The molecule has 4 saturated carbocycles. The van der Waals surface area contributed by atoms with Crippen molar-refractivity contribution in [2.75, 3.05) is 0 Å². The lowest BCUT2D eigenvalue weighted by molar-refractivity contribution is -0.0571. The number of benzene rings is 2. The summed E-state index contributed by atoms with van der Waals surface area (Å²) >= 11 is 0. The molecule has 4 heteroatoms. The van der Waals surface area contributed by atoms with Gasteiger partial charge in [-0.15, -0.1) is 0 Å². The number of nitrogens with zero attached hydrogens (tertiary/aromatic N) is 2. The minimum Gasteiger partial charge on any atom is -0.478 e. The van der Waals surface area contributed by atoms with Crippen LogP contribution < -0.4 is 0 Å². The van der Waals surface area contributed by atoms with Crippen molar-refractivity contribution in [1.82, 2.24) is 9.55 Å². The summed E-state index contributed by atoms with van der Waals surface area (Å²) in [5.74, 6) is 3.00. The van der Waals surface area contributed by atoms with Crippen LogP contribution in [0.25, 0.3) is 23.5 Å². The van der Waals surface area contributed by atoms with E-state index in [0.717, 1.165) is 41.3 Å². The van der Waals surface area contributed by atoms with Crippen molar-refractivity contribution < 1.29 is 9.90 Å². The summed E-state index contributed by atoms with van der Waals surface area (Å²) in [7, 11) is 2.16. The van der Waals surface area contributed by atoms with Gasteiger partial charge < -0.3 is 9.67 Å². The number of carboxylic acid groups (broad SMARTS) is 1. The monoisotopic (exact) mass is 480 g/mol. The van der Waals surface area contributed by atoms with Gasteiger partial charge in [0.15, 0.2) is 0 Å². The number of hydrogen-bond donors (Lipinski definition) is 1. The number of aromatic carboxylic acids is 1. The third kappa shape index (κ3) is 4.31. The first kappa shape index (κ1) is 23.3. The topological polar surface area (TPSA) is 55.1 Å². The summed E-state index contributed by atoms with van der Waals surface area (Å²) in [5, 5.41) is 9.38. The summed E-state index contributed by atoms with van der Waals surface area (Å²) in [4.78, 5) is 16.6. The van der Waals surface area contributed by atoms with E-state index < -0.39 is 5.97 Å². The summed E-state index contributed by atoms with van der Waals surface area (Å²) < 4.78 is 2.30. The van der Waals surface area contributed by atoms with Gasteiger partial charge in [0.25, 0.3) is 0 Å². The second kappa shape index (κ2) is 9.06. The van der Waals surface area contributed by atoms with Gasteiger partial charge in [-0.05, 0) is 111 Å². The lowest BCUT2D eigenvalue weighted by Crippen LogP contribution is -2.46. The summed E-state index contributed by atoms with van der Waals surface area (Å²) in [6, 6.07) is 15.6. The van der Waals surface area contributed by atoms with Crippen LogP contribution in [0, 0.1) is 30.1 Å². The van der Waals surface area contributed by atoms with Crippen molar-refractivity contribution >= 4 is 18.1 Å². The van der Waals surface area contributed by atoms with Crippen LogP contribution in [0.15, 0.2) is 48.5 Å². The highest BCUT2D eigenvalue weighted by Gasteiger charge is 2.50. The molecular weight excluding hydrogens is 444 g/mol. The van der Waals surface area contributed by atoms with Gasteiger partial charge in [-0.1, -0.05) is 42.5 Å². The molecular formula is C32H36N2O2. The van der Waals surface area contributed by atoms with E-state index in [1.54, 1.807) is 18.2 Å². The maximum absolute atomic E-state index is 11.4. The van der Waals surface area contributed by atoms with Gasteiger partial charge in [-0.3, -0.25) is 0 Å². The van der Waals surface area contributed by atoms with Crippen LogP contribution in [0.2, 0.25) is 0 Å². The lowest BCUT2D eigenvalue weighted by Gasteiger charge is -2.57. The molecule has 7 rings (SSSR count). The zero-order valence-corrected chi connectivity index (χ0v) is 21.4. The fraction of sp³-hybridized carbons (Fsp3) is 0.438. The van der Waals surface area contributed by atoms with Crippen molar-refractivity contribution in [3.8, 4) is 11.4 Å². The van der Waals surface area contributed by atoms with Gasteiger partial charge in [0.2, 0.25) is 0 Å². The SMILES string of the molecule is Cc1ccccc1-c1nc(C=Cc2cccc(C(=O)O)c2)c(CCC23CC4CC(CC(C4)C2)C3)n1C. The molecule has 186 valence electrons. The van der Waals surface area contributed by atoms with Crippen molar-refractivity contribution in [2.24, 2.45) is 30.2 Å². The van der Waals surface area contributed by atoms with E-state index in [-0.39, 0.29) is 0 Å². The van der Waals surface area contributed by atoms with Crippen LogP contribution in [0.5, 0.6) is 0 Å². The predicted octanol–water partition coefficient (Wildman–Crippen LogP) is 7.41. The Bertz CT molecular complexity index is 1300. The van der Waals surface area contributed by atoms with E-state index in [2.05, 4.69) is 48.9 Å². The van der Waals surface area contributed by atoms with E-state index >= 15 is 0 Å². The number of rotatable bonds is 7. The average molecular weight is 481 g/mol. The molecule has 0 atom stereocenters. The number of carbonyl (C=O) groups is 1. The predicted molar refractivity (Wildman–Crippen MR) is 145 cm³/mol. The zero-order chi connectivity index (χ0) is 24.9. The first-order valence-corrected chi connectivity index (χ1v) is 13.5. The quantitative estimate of drug-likeness (QED) is 0.383. The number of aromatic nitrogens is 2. The Balaban J connectivity index is 1.33. The molecule has 1 heterocycles. The van der Waals surface area contributed by atoms with Crippen molar-refractivity contribution in [3.05, 3.63) is 76.6 Å². The molecule has 1 aromatic heterocycles. The Kier molecular flexibility index (Phi) is 5.86. The number of imidazole rings is 1. The number of hydrogen-bond acceptors (Lipinski definition) is 2. The molecule has 4 bridgehead atoms. The van der Waals surface area contributed by atoms with Gasteiger partial charge in [0.05, 0.1) is 11.3 Å². The van der Waals surface area contributed by atoms with Crippen LogP contribution in [0.3, 0.4) is 0 Å². The highest BCUT2D eigenvalue weighted by molar-refractivity contribution is 5.88. The minimum atomic E-state index is -0.902. The standard InChI is InChI=1S/C32H36N2O2/c1-21-6-3-4-9-27(21)30-33-28(11-10-22-7-5-8-26(17-22)31(35)36)29(34(30)2)12-13-32-18-23-14-24(19-32)16-25(15-23)20-32/h3-11,17,23-25H,12-16,18-20H2,1-2H3,(H,35,36).